The van der Waals surface area contributed by atoms with Gasteiger partial charge in [0.15, 0.2) is 5.69 Å². The van der Waals surface area contributed by atoms with Crippen molar-refractivity contribution in [1.82, 2.24) is 20.3 Å². The van der Waals surface area contributed by atoms with E-state index in [1.54, 1.807) is 0 Å². The summed E-state index contributed by atoms with van der Waals surface area (Å²) in [5.74, 6) is -1.42. The quantitative estimate of drug-likeness (QED) is 0.803. The van der Waals surface area contributed by atoms with Crippen molar-refractivity contribution in [3.8, 4) is 0 Å². The molecule has 0 aliphatic carbocycles. The molecule has 0 bridgehead atoms. The Kier molecular flexibility index (Phi) is 4.41. The van der Waals surface area contributed by atoms with Crippen LogP contribution in [0.4, 0.5) is 0 Å². The Morgan fingerprint density at radius 3 is 2.39 bits per heavy atom. The Balaban J connectivity index is 2.96. The highest BCUT2D eigenvalue weighted by Crippen LogP contribution is 2.17. The molecular weight excluding hydrogens is 236 g/mol. The molecule has 1 aromatic rings. The molecule has 7 heteroatoms. The van der Waals surface area contributed by atoms with E-state index in [1.165, 1.54) is 4.68 Å². The Hall–Kier alpha value is -1.92. The first kappa shape index (κ1) is 14.1. The van der Waals surface area contributed by atoms with Gasteiger partial charge < -0.3 is 10.4 Å². The summed E-state index contributed by atoms with van der Waals surface area (Å²) in [6.07, 6.45) is 0. The SMILES string of the molecule is CC(C)NC(=O)Cn1nnc(C(=O)O)c1C(C)C. The highest BCUT2D eigenvalue weighted by atomic mass is 16.4. The minimum absolute atomic E-state index is 0.0219. The summed E-state index contributed by atoms with van der Waals surface area (Å²) in [6.45, 7) is 7.35. The second-order valence-corrected chi connectivity index (χ2v) is 4.66. The van der Waals surface area contributed by atoms with Crippen molar-refractivity contribution in [2.24, 2.45) is 0 Å². The predicted octanol–water partition coefficient (Wildman–Crippen LogP) is 0.624. The molecule has 7 nitrogen and oxygen atoms in total. The first-order chi connectivity index (χ1) is 8.32. The van der Waals surface area contributed by atoms with E-state index < -0.39 is 5.97 Å². The van der Waals surface area contributed by atoms with Crippen molar-refractivity contribution in [3.63, 3.8) is 0 Å². The topological polar surface area (TPSA) is 97.1 Å². The van der Waals surface area contributed by atoms with Crippen LogP contribution in [0.1, 0.15) is 49.8 Å². The van der Waals surface area contributed by atoms with Crippen LogP contribution in [-0.2, 0) is 11.3 Å². The molecule has 0 unspecified atom stereocenters. The van der Waals surface area contributed by atoms with Gasteiger partial charge in [0.25, 0.3) is 0 Å². The number of hydrogen-bond acceptors (Lipinski definition) is 4. The minimum atomic E-state index is -1.13. The number of nitrogens with one attached hydrogen (secondary N) is 1. The summed E-state index contributed by atoms with van der Waals surface area (Å²) in [5.41, 5.74) is 0.365. The summed E-state index contributed by atoms with van der Waals surface area (Å²) >= 11 is 0. The van der Waals surface area contributed by atoms with Gasteiger partial charge in [-0.05, 0) is 19.8 Å². The zero-order valence-corrected chi connectivity index (χ0v) is 11.0. The molecule has 0 saturated carbocycles. The fourth-order valence-electron chi connectivity index (χ4n) is 1.66. The highest BCUT2D eigenvalue weighted by molar-refractivity contribution is 5.86. The van der Waals surface area contributed by atoms with Gasteiger partial charge in [0, 0.05) is 6.04 Å². The van der Waals surface area contributed by atoms with E-state index in [9.17, 15) is 9.59 Å². The van der Waals surface area contributed by atoms with Gasteiger partial charge in [0.1, 0.15) is 6.54 Å². The number of carboxylic acid groups (broad SMARTS) is 1. The number of aromatic nitrogens is 3. The molecule has 1 heterocycles. The molecule has 0 saturated heterocycles. The molecule has 1 aromatic heterocycles. The maximum Gasteiger partial charge on any atom is 0.358 e. The van der Waals surface area contributed by atoms with Crippen LogP contribution in [0.2, 0.25) is 0 Å². The molecule has 18 heavy (non-hydrogen) atoms. The number of rotatable bonds is 5. The summed E-state index contributed by atoms with van der Waals surface area (Å²) in [7, 11) is 0. The molecule has 1 amide bonds. The van der Waals surface area contributed by atoms with E-state index in [-0.39, 0.29) is 30.1 Å². The molecule has 0 aromatic carbocycles. The van der Waals surface area contributed by atoms with Crippen molar-refractivity contribution >= 4 is 11.9 Å². The van der Waals surface area contributed by atoms with E-state index >= 15 is 0 Å². The van der Waals surface area contributed by atoms with E-state index in [0.717, 1.165) is 0 Å². The lowest BCUT2D eigenvalue weighted by Crippen LogP contribution is -2.34. The molecule has 0 fully saturated rings. The van der Waals surface area contributed by atoms with Gasteiger partial charge >= 0.3 is 5.97 Å². The smallest absolute Gasteiger partial charge is 0.358 e. The van der Waals surface area contributed by atoms with Gasteiger partial charge in [-0.15, -0.1) is 5.10 Å². The zero-order chi connectivity index (χ0) is 13.9. The molecule has 2 N–H and O–H groups in total. The van der Waals surface area contributed by atoms with Crippen LogP contribution in [0.3, 0.4) is 0 Å². The Morgan fingerprint density at radius 2 is 1.94 bits per heavy atom. The van der Waals surface area contributed by atoms with Crippen molar-refractivity contribution in [1.29, 1.82) is 0 Å². The molecule has 1 rings (SSSR count). The van der Waals surface area contributed by atoms with Crippen LogP contribution in [0.5, 0.6) is 0 Å². The lowest BCUT2D eigenvalue weighted by Gasteiger charge is -2.11. The van der Waals surface area contributed by atoms with Gasteiger partial charge in [-0.2, -0.15) is 0 Å². The van der Waals surface area contributed by atoms with Crippen molar-refractivity contribution < 1.29 is 14.7 Å². The highest BCUT2D eigenvalue weighted by Gasteiger charge is 2.22. The van der Waals surface area contributed by atoms with Crippen molar-refractivity contribution in [2.45, 2.75) is 46.2 Å². The van der Waals surface area contributed by atoms with Crippen LogP contribution in [0.25, 0.3) is 0 Å². The van der Waals surface area contributed by atoms with E-state index in [2.05, 4.69) is 15.6 Å². The first-order valence-electron chi connectivity index (χ1n) is 5.79. The number of aromatic carboxylic acids is 1. The third kappa shape index (κ3) is 3.28. The van der Waals surface area contributed by atoms with E-state index in [4.69, 9.17) is 5.11 Å². The predicted molar refractivity (Wildman–Crippen MR) is 64.3 cm³/mol. The Morgan fingerprint density at radius 1 is 1.33 bits per heavy atom. The van der Waals surface area contributed by atoms with E-state index in [1.807, 2.05) is 27.7 Å². The monoisotopic (exact) mass is 254 g/mol. The number of hydrogen-bond donors (Lipinski definition) is 2. The Labute approximate surface area is 105 Å². The van der Waals surface area contributed by atoms with Crippen molar-refractivity contribution in [3.05, 3.63) is 11.4 Å². The third-order valence-electron chi connectivity index (χ3n) is 2.27. The maximum atomic E-state index is 11.6. The number of carboxylic acids is 1. The molecular formula is C11H18N4O3. The molecule has 0 aliphatic heterocycles. The van der Waals surface area contributed by atoms with Gasteiger partial charge in [0.2, 0.25) is 5.91 Å². The largest absolute Gasteiger partial charge is 0.476 e. The second-order valence-electron chi connectivity index (χ2n) is 4.66. The lowest BCUT2D eigenvalue weighted by molar-refractivity contribution is -0.122. The van der Waals surface area contributed by atoms with Crippen LogP contribution in [0.15, 0.2) is 0 Å². The average Bonchev–Trinajstić information content (AvgIpc) is 2.59. The van der Waals surface area contributed by atoms with Crippen LogP contribution >= 0.6 is 0 Å². The van der Waals surface area contributed by atoms with Gasteiger partial charge in [0.05, 0.1) is 5.69 Å². The average molecular weight is 254 g/mol. The van der Waals surface area contributed by atoms with Gasteiger partial charge in [-0.25, -0.2) is 9.48 Å². The number of carbonyl (C=O) groups excluding carboxylic acids is 1. The fraction of sp³-hybridized carbons (Fsp3) is 0.636. The van der Waals surface area contributed by atoms with E-state index in [0.29, 0.717) is 5.69 Å². The molecule has 0 aliphatic rings. The van der Waals surface area contributed by atoms with Gasteiger partial charge in [-0.1, -0.05) is 19.1 Å². The normalized spacial score (nSPS) is 11.0. The number of carbonyl (C=O) groups is 2. The third-order valence-corrected chi connectivity index (χ3v) is 2.27. The number of nitrogens with zero attached hydrogens (tertiary/aromatic N) is 3. The van der Waals surface area contributed by atoms with Crippen LogP contribution in [-0.4, -0.2) is 38.0 Å². The summed E-state index contributed by atoms with van der Waals surface area (Å²) in [6, 6.07) is 0.0301. The molecule has 100 valence electrons. The standard InChI is InChI=1S/C11H18N4O3/c1-6(2)10-9(11(17)18)13-14-15(10)5-8(16)12-7(3)4/h6-7H,5H2,1-4H3,(H,12,16)(H,17,18). The molecule has 0 atom stereocenters. The summed E-state index contributed by atoms with van der Waals surface area (Å²) in [5, 5.41) is 19.0. The van der Waals surface area contributed by atoms with Gasteiger partial charge in [-0.3, -0.25) is 4.79 Å². The minimum Gasteiger partial charge on any atom is -0.476 e. The fourth-order valence-corrected chi connectivity index (χ4v) is 1.66. The van der Waals surface area contributed by atoms with Crippen molar-refractivity contribution in [2.75, 3.05) is 0 Å². The molecule has 0 spiro atoms. The van der Waals surface area contributed by atoms with Crippen LogP contribution in [0, 0.1) is 0 Å². The molecule has 0 radical (unpaired) electrons. The first-order valence-corrected chi connectivity index (χ1v) is 5.79. The summed E-state index contributed by atoms with van der Waals surface area (Å²) < 4.78 is 1.34. The second kappa shape index (κ2) is 5.61. The number of amides is 1. The lowest BCUT2D eigenvalue weighted by atomic mass is 10.1. The van der Waals surface area contributed by atoms with Crippen LogP contribution < -0.4 is 5.32 Å². The maximum absolute atomic E-state index is 11.6. The Bertz CT molecular complexity index is 451. The zero-order valence-electron chi connectivity index (χ0n) is 11.0. The summed E-state index contributed by atoms with van der Waals surface area (Å²) in [4.78, 5) is 22.6.